The fourth-order valence-corrected chi connectivity index (χ4v) is 3.34. The van der Waals surface area contributed by atoms with Gasteiger partial charge in [-0.2, -0.15) is 4.74 Å². The third kappa shape index (κ3) is 3.22. The Hall–Kier alpha value is -3.39. The zero-order valence-corrected chi connectivity index (χ0v) is 14.3. The molecule has 0 fully saturated rings. The number of nitrogens with zero attached hydrogens (tertiary/aromatic N) is 1. The highest BCUT2D eigenvalue weighted by atomic mass is 16.5. The van der Waals surface area contributed by atoms with Crippen LogP contribution in [-0.2, 0) is 0 Å². The van der Waals surface area contributed by atoms with Gasteiger partial charge in [0.2, 0.25) is 5.71 Å². The molecule has 0 aromatic heterocycles. The van der Waals surface area contributed by atoms with E-state index in [4.69, 9.17) is 0 Å². The van der Waals surface area contributed by atoms with E-state index in [2.05, 4.69) is 30.3 Å². The average molecular weight is 337 g/mol. The minimum Gasteiger partial charge on any atom is -0.618 e. The number of allylic oxidation sites excluding steroid dienone is 2. The molecular weight excluding hydrogens is 318 g/mol. The lowest BCUT2D eigenvalue weighted by atomic mass is 9.83. The maximum absolute atomic E-state index is 12.7. The summed E-state index contributed by atoms with van der Waals surface area (Å²) in [6.45, 7) is 0. The summed E-state index contributed by atoms with van der Waals surface area (Å²) in [6.07, 6.45) is 5.72. The summed E-state index contributed by atoms with van der Waals surface area (Å²) in [5.74, 6) is 0.0387. The lowest BCUT2D eigenvalue weighted by Crippen LogP contribution is -2.23. The molecule has 0 N–H and O–H groups in total. The first-order valence-electron chi connectivity index (χ1n) is 8.72. The largest absolute Gasteiger partial charge is 0.618 e. The Labute approximate surface area is 153 Å². The van der Waals surface area contributed by atoms with Crippen LogP contribution in [0.5, 0.6) is 0 Å². The molecule has 0 spiro atoms. The fraction of sp³-hybridized carbons (Fsp3) is 0.0417. The Morgan fingerprint density at radius 3 is 1.96 bits per heavy atom. The molecule has 1 heterocycles. The molecule has 1 atom stereocenters. The molecule has 2 heteroatoms. The molecular formula is C24H19NO. The summed E-state index contributed by atoms with van der Waals surface area (Å²) in [6, 6.07) is 30.3. The Bertz CT molecular complexity index is 970. The summed E-state index contributed by atoms with van der Waals surface area (Å²) in [4.78, 5) is 0. The zero-order chi connectivity index (χ0) is 17.8. The molecule has 0 radical (unpaired) electrons. The molecule has 26 heavy (non-hydrogen) atoms. The van der Waals surface area contributed by atoms with Gasteiger partial charge in [-0.1, -0.05) is 78.9 Å². The summed E-state index contributed by atoms with van der Waals surface area (Å²) < 4.78 is 0.976. The number of hydrogen-bond donors (Lipinski definition) is 0. The minimum atomic E-state index is 0.0387. The van der Waals surface area contributed by atoms with Gasteiger partial charge in [0.1, 0.15) is 0 Å². The Morgan fingerprint density at radius 1 is 0.731 bits per heavy atom. The highest BCUT2D eigenvalue weighted by Gasteiger charge is 2.29. The van der Waals surface area contributed by atoms with Crippen molar-refractivity contribution in [2.24, 2.45) is 0 Å². The van der Waals surface area contributed by atoms with Crippen LogP contribution in [0.15, 0.2) is 109 Å². The minimum absolute atomic E-state index is 0.0387. The van der Waals surface area contributed by atoms with Crippen molar-refractivity contribution in [2.75, 3.05) is 0 Å². The molecule has 126 valence electrons. The summed E-state index contributed by atoms with van der Waals surface area (Å²) in [7, 11) is 0. The van der Waals surface area contributed by atoms with Crippen molar-refractivity contribution in [3.8, 4) is 0 Å². The van der Waals surface area contributed by atoms with E-state index >= 15 is 0 Å². The molecule has 0 bridgehead atoms. The van der Waals surface area contributed by atoms with E-state index in [1.807, 2.05) is 72.8 Å². The Kier molecular flexibility index (Phi) is 4.48. The second kappa shape index (κ2) is 7.24. The van der Waals surface area contributed by atoms with Crippen LogP contribution in [0.1, 0.15) is 22.6 Å². The van der Waals surface area contributed by atoms with Gasteiger partial charge >= 0.3 is 0 Å². The predicted molar refractivity (Wildman–Crippen MR) is 107 cm³/mol. The second-order valence-electron chi connectivity index (χ2n) is 6.28. The van der Waals surface area contributed by atoms with E-state index in [1.165, 1.54) is 5.56 Å². The molecule has 3 aromatic rings. The van der Waals surface area contributed by atoms with E-state index in [0.29, 0.717) is 5.71 Å². The quantitative estimate of drug-likeness (QED) is 0.465. The summed E-state index contributed by atoms with van der Waals surface area (Å²) in [5.41, 5.74) is 4.89. The molecule has 1 aliphatic heterocycles. The first-order chi connectivity index (χ1) is 12.8. The van der Waals surface area contributed by atoms with Crippen LogP contribution in [0.3, 0.4) is 0 Å². The van der Waals surface area contributed by atoms with Gasteiger partial charge in [0.05, 0.1) is 0 Å². The van der Waals surface area contributed by atoms with Crippen LogP contribution in [0, 0.1) is 5.21 Å². The third-order valence-electron chi connectivity index (χ3n) is 4.57. The van der Waals surface area contributed by atoms with Gasteiger partial charge in [-0.25, -0.2) is 0 Å². The zero-order valence-electron chi connectivity index (χ0n) is 14.3. The van der Waals surface area contributed by atoms with Gasteiger partial charge in [-0.3, -0.25) is 0 Å². The lowest BCUT2D eigenvalue weighted by Gasteiger charge is -2.22. The highest BCUT2D eigenvalue weighted by Crippen LogP contribution is 2.33. The van der Waals surface area contributed by atoms with Crippen molar-refractivity contribution < 1.29 is 4.74 Å². The van der Waals surface area contributed by atoms with Crippen molar-refractivity contribution >= 4 is 11.8 Å². The van der Waals surface area contributed by atoms with Crippen LogP contribution in [0.4, 0.5) is 0 Å². The number of hydrogen-bond acceptors (Lipinski definition) is 1. The first-order valence-corrected chi connectivity index (χ1v) is 8.72. The van der Waals surface area contributed by atoms with Crippen molar-refractivity contribution in [3.05, 3.63) is 131 Å². The normalized spacial score (nSPS) is 18.3. The predicted octanol–water partition coefficient (Wildman–Crippen LogP) is 5.38. The lowest BCUT2D eigenvalue weighted by molar-refractivity contribution is -0.379. The van der Waals surface area contributed by atoms with E-state index in [9.17, 15) is 5.21 Å². The van der Waals surface area contributed by atoms with Crippen molar-refractivity contribution in [1.82, 2.24) is 0 Å². The first kappa shape index (κ1) is 16.1. The summed E-state index contributed by atoms with van der Waals surface area (Å²) >= 11 is 0. The maximum Gasteiger partial charge on any atom is 0.227 e. The third-order valence-corrected chi connectivity index (χ3v) is 4.57. The topological polar surface area (TPSA) is 26.1 Å². The van der Waals surface area contributed by atoms with Gasteiger partial charge in [0.25, 0.3) is 0 Å². The molecule has 3 aromatic carbocycles. The Morgan fingerprint density at radius 2 is 1.31 bits per heavy atom. The SMILES string of the molecule is [O-][N+]1=C(c2ccccc2)/C(=C\c2ccccc2)[C@@H](c2ccccc2)C=C1. The summed E-state index contributed by atoms with van der Waals surface area (Å²) in [5, 5.41) is 12.7. The molecule has 1 aliphatic rings. The van der Waals surface area contributed by atoms with E-state index in [-0.39, 0.29) is 5.92 Å². The van der Waals surface area contributed by atoms with Crippen molar-refractivity contribution in [1.29, 1.82) is 0 Å². The van der Waals surface area contributed by atoms with Crippen LogP contribution in [-0.4, -0.2) is 10.5 Å². The highest BCUT2D eigenvalue weighted by molar-refractivity contribution is 6.13. The molecule has 0 unspecified atom stereocenters. The van der Waals surface area contributed by atoms with E-state index in [1.54, 1.807) is 6.20 Å². The van der Waals surface area contributed by atoms with Gasteiger partial charge in [0.15, 0.2) is 6.20 Å². The second-order valence-corrected chi connectivity index (χ2v) is 6.28. The van der Waals surface area contributed by atoms with Gasteiger partial charge < -0.3 is 5.21 Å². The molecule has 0 aliphatic carbocycles. The van der Waals surface area contributed by atoms with Crippen LogP contribution in [0.2, 0.25) is 0 Å². The smallest absolute Gasteiger partial charge is 0.227 e. The molecule has 0 amide bonds. The van der Waals surface area contributed by atoms with Crippen LogP contribution >= 0.6 is 0 Å². The molecule has 2 nitrogen and oxygen atoms in total. The standard InChI is InChI=1S/C24H19NO/c26-25-17-16-22(20-12-6-2-7-13-20)23(18-19-10-4-1-5-11-19)24(25)21-14-8-3-9-15-21/h1-18,22H/b23-18-/t22-/m1/s1. The number of benzene rings is 3. The van der Waals surface area contributed by atoms with Gasteiger partial charge in [0, 0.05) is 17.1 Å². The van der Waals surface area contributed by atoms with Crippen molar-refractivity contribution in [2.45, 2.75) is 5.92 Å². The van der Waals surface area contributed by atoms with Gasteiger partial charge in [-0.15, -0.1) is 0 Å². The average Bonchev–Trinajstić information content (AvgIpc) is 2.70. The van der Waals surface area contributed by atoms with Crippen LogP contribution < -0.4 is 0 Å². The van der Waals surface area contributed by atoms with Crippen LogP contribution in [0.25, 0.3) is 6.08 Å². The molecule has 0 saturated carbocycles. The van der Waals surface area contributed by atoms with Gasteiger partial charge in [-0.05, 0) is 35.4 Å². The van der Waals surface area contributed by atoms with E-state index in [0.717, 1.165) is 21.4 Å². The number of hydroxylamine groups is 1. The van der Waals surface area contributed by atoms with E-state index < -0.39 is 0 Å². The number of rotatable bonds is 3. The Balaban J connectivity index is 1.90. The fourth-order valence-electron chi connectivity index (χ4n) is 3.34. The van der Waals surface area contributed by atoms with Crippen molar-refractivity contribution in [3.63, 3.8) is 0 Å². The monoisotopic (exact) mass is 337 g/mol. The molecule has 0 saturated heterocycles. The maximum atomic E-state index is 12.7. The molecule has 4 rings (SSSR count).